The van der Waals surface area contributed by atoms with E-state index in [0.717, 1.165) is 21.8 Å². The third kappa shape index (κ3) is 4.95. The summed E-state index contributed by atoms with van der Waals surface area (Å²) >= 11 is 6.70. The lowest BCUT2D eigenvalue weighted by molar-refractivity contribution is -0.152. The number of halogens is 2. The lowest BCUT2D eigenvalue weighted by Gasteiger charge is -2.28. The second kappa shape index (κ2) is 8.82. The molecular formula is C20H18Br2O4. The average molecular weight is 482 g/mol. The van der Waals surface area contributed by atoms with Crippen molar-refractivity contribution >= 4 is 43.8 Å². The van der Waals surface area contributed by atoms with Crippen LogP contribution in [0.15, 0.2) is 57.5 Å². The number of esters is 2. The lowest BCUT2D eigenvalue weighted by Crippen LogP contribution is -2.37. The normalized spacial score (nSPS) is 19.6. The van der Waals surface area contributed by atoms with Crippen LogP contribution in [0.25, 0.3) is 0 Å². The van der Waals surface area contributed by atoms with Crippen LogP contribution in [0.3, 0.4) is 0 Å². The molecule has 26 heavy (non-hydrogen) atoms. The Morgan fingerprint density at radius 1 is 0.692 bits per heavy atom. The van der Waals surface area contributed by atoms with Gasteiger partial charge in [-0.15, -0.1) is 0 Å². The van der Waals surface area contributed by atoms with Crippen LogP contribution in [0, 0.1) is 11.8 Å². The van der Waals surface area contributed by atoms with Crippen molar-refractivity contribution in [3.8, 4) is 11.5 Å². The van der Waals surface area contributed by atoms with E-state index in [1.54, 1.807) is 24.3 Å². The Morgan fingerprint density at radius 3 is 1.38 bits per heavy atom. The highest BCUT2D eigenvalue weighted by molar-refractivity contribution is 9.10. The molecule has 0 N–H and O–H groups in total. The van der Waals surface area contributed by atoms with Gasteiger partial charge in [-0.2, -0.15) is 0 Å². The van der Waals surface area contributed by atoms with Crippen molar-refractivity contribution in [1.82, 2.24) is 0 Å². The minimum Gasteiger partial charge on any atom is -0.426 e. The van der Waals surface area contributed by atoms with Gasteiger partial charge in [-0.3, -0.25) is 9.59 Å². The molecule has 136 valence electrons. The number of benzene rings is 2. The number of carbonyl (C=O) groups excluding carboxylic acids is 2. The SMILES string of the molecule is O=C(Oc1ccc(Br)cc1)C1CCCCC1C(=O)Oc1ccc(Br)cc1. The maximum absolute atomic E-state index is 12.6. The summed E-state index contributed by atoms with van der Waals surface area (Å²) in [4.78, 5) is 25.2. The second-order valence-electron chi connectivity index (χ2n) is 6.25. The summed E-state index contributed by atoms with van der Waals surface area (Å²) in [6.07, 6.45) is 3.08. The van der Waals surface area contributed by atoms with Crippen LogP contribution in [-0.4, -0.2) is 11.9 Å². The molecule has 0 radical (unpaired) electrons. The van der Waals surface area contributed by atoms with Crippen LogP contribution in [0.4, 0.5) is 0 Å². The Morgan fingerprint density at radius 2 is 1.04 bits per heavy atom. The molecule has 0 aliphatic heterocycles. The third-order valence-electron chi connectivity index (χ3n) is 4.44. The van der Waals surface area contributed by atoms with Crippen molar-refractivity contribution in [1.29, 1.82) is 0 Å². The van der Waals surface area contributed by atoms with Gasteiger partial charge in [0.1, 0.15) is 11.5 Å². The van der Waals surface area contributed by atoms with Gasteiger partial charge in [0, 0.05) is 8.95 Å². The summed E-state index contributed by atoms with van der Waals surface area (Å²) in [5.41, 5.74) is 0. The zero-order valence-corrected chi connectivity index (χ0v) is 17.2. The average Bonchev–Trinajstić information content (AvgIpc) is 2.65. The summed E-state index contributed by atoms with van der Waals surface area (Å²) in [6.45, 7) is 0. The van der Waals surface area contributed by atoms with Gasteiger partial charge in [0.2, 0.25) is 0 Å². The first-order valence-corrected chi connectivity index (χ1v) is 10.1. The van der Waals surface area contributed by atoms with Crippen molar-refractivity contribution < 1.29 is 19.1 Å². The van der Waals surface area contributed by atoms with Gasteiger partial charge in [-0.25, -0.2) is 0 Å². The predicted octanol–water partition coefficient (Wildman–Crippen LogP) is 5.53. The van der Waals surface area contributed by atoms with Crippen LogP contribution in [0.5, 0.6) is 11.5 Å². The molecule has 1 aliphatic rings. The highest BCUT2D eigenvalue weighted by atomic mass is 79.9. The molecule has 2 aromatic carbocycles. The summed E-state index contributed by atoms with van der Waals surface area (Å²) < 4.78 is 12.8. The molecule has 3 rings (SSSR count). The topological polar surface area (TPSA) is 52.6 Å². The predicted molar refractivity (Wildman–Crippen MR) is 105 cm³/mol. The van der Waals surface area contributed by atoms with Crippen LogP contribution in [-0.2, 0) is 9.59 Å². The van der Waals surface area contributed by atoms with E-state index in [2.05, 4.69) is 31.9 Å². The highest BCUT2D eigenvalue weighted by Crippen LogP contribution is 2.33. The van der Waals surface area contributed by atoms with Crippen LogP contribution in [0.2, 0.25) is 0 Å². The maximum atomic E-state index is 12.6. The van der Waals surface area contributed by atoms with Gasteiger partial charge in [0.25, 0.3) is 0 Å². The largest absolute Gasteiger partial charge is 0.426 e. The molecule has 1 aliphatic carbocycles. The number of hydrogen-bond acceptors (Lipinski definition) is 4. The summed E-state index contributed by atoms with van der Waals surface area (Å²) in [5.74, 6) is -0.743. The van der Waals surface area contributed by atoms with Gasteiger partial charge in [0.15, 0.2) is 0 Å². The Bertz CT molecular complexity index is 704. The number of rotatable bonds is 4. The molecule has 2 aromatic rings. The molecule has 0 heterocycles. The molecule has 0 saturated heterocycles. The van der Waals surface area contributed by atoms with Crippen LogP contribution < -0.4 is 9.47 Å². The Kier molecular flexibility index (Phi) is 6.48. The molecule has 0 bridgehead atoms. The van der Waals surface area contributed by atoms with Crippen molar-refractivity contribution in [2.75, 3.05) is 0 Å². The molecule has 6 heteroatoms. The van der Waals surface area contributed by atoms with E-state index in [4.69, 9.17) is 9.47 Å². The van der Waals surface area contributed by atoms with Crippen LogP contribution in [0.1, 0.15) is 25.7 Å². The van der Waals surface area contributed by atoms with Gasteiger partial charge in [0.05, 0.1) is 11.8 Å². The van der Waals surface area contributed by atoms with E-state index in [9.17, 15) is 9.59 Å². The monoisotopic (exact) mass is 480 g/mol. The number of hydrogen-bond donors (Lipinski definition) is 0. The maximum Gasteiger partial charge on any atom is 0.315 e. The number of ether oxygens (including phenoxy) is 2. The number of carbonyl (C=O) groups is 2. The van der Waals surface area contributed by atoms with Crippen LogP contribution >= 0.6 is 31.9 Å². The zero-order valence-electron chi connectivity index (χ0n) is 14.0. The van der Waals surface area contributed by atoms with E-state index in [1.807, 2.05) is 24.3 Å². The van der Waals surface area contributed by atoms with E-state index in [-0.39, 0.29) is 11.9 Å². The molecule has 0 spiro atoms. The van der Waals surface area contributed by atoms with E-state index in [1.165, 1.54) is 0 Å². The quantitative estimate of drug-likeness (QED) is 0.425. The minimum absolute atomic E-state index is 0.371. The van der Waals surface area contributed by atoms with Gasteiger partial charge in [-0.05, 0) is 61.4 Å². The first kappa shape index (κ1) is 19.1. The molecule has 1 fully saturated rings. The van der Waals surface area contributed by atoms with Crippen molar-refractivity contribution in [2.24, 2.45) is 11.8 Å². The van der Waals surface area contributed by atoms with E-state index in [0.29, 0.717) is 24.3 Å². The first-order chi connectivity index (χ1) is 12.5. The molecule has 2 atom stereocenters. The molecule has 2 unspecified atom stereocenters. The molecule has 1 saturated carbocycles. The fourth-order valence-electron chi connectivity index (χ4n) is 3.08. The minimum atomic E-state index is -0.477. The smallest absolute Gasteiger partial charge is 0.315 e. The standard InChI is InChI=1S/C20H18Br2O4/c21-13-5-9-15(10-6-13)25-19(23)17-3-1-2-4-18(17)20(24)26-16-11-7-14(22)8-12-16/h5-12,17-18H,1-4H2. The van der Waals surface area contributed by atoms with Crippen molar-refractivity contribution in [3.63, 3.8) is 0 Å². The third-order valence-corrected chi connectivity index (χ3v) is 5.49. The second-order valence-corrected chi connectivity index (χ2v) is 8.08. The molecule has 4 nitrogen and oxygen atoms in total. The summed E-state index contributed by atoms with van der Waals surface area (Å²) in [5, 5.41) is 0. The Balaban J connectivity index is 1.68. The van der Waals surface area contributed by atoms with Gasteiger partial charge < -0.3 is 9.47 Å². The lowest BCUT2D eigenvalue weighted by atomic mass is 9.79. The summed E-state index contributed by atoms with van der Waals surface area (Å²) in [7, 11) is 0. The Hall–Kier alpha value is -1.66. The summed E-state index contributed by atoms with van der Waals surface area (Å²) in [6, 6.07) is 14.1. The Labute approximate surface area is 169 Å². The molecular weight excluding hydrogens is 464 g/mol. The first-order valence-electron chi connectivity index (χ1n) is 8.47. The fraction of sp³-hybridized carbons (Fsp3) is 0.300. The van der Waals surface area contributed by atoms with Crippen molar-refractivity contribution in [3.05, 3.63) is 57.5 Å². The molecule has 0 amide bonds. The van der Waals surface area contributed by atoms with E-state index < -0.39 is 11.8 Å². The highest BCUT2D eigenvalue weighted by Gasteiger charge is 2.38. The van der Waals surface area contributed by atoms with E-state index >= 15 is 0 Å². The van der Waals surface area contributed by atoms with Gasteiger partial charge in [-0.1, -0.05) is 44.7 Å². The van der Waals surface area contributed by atoms with Crippen molar-refractivity contribution in [2.45, 2.75) is 25.7 Å². The fourth-order valence-corrected chi connectivity index (χ4v) is 3.61. The van der Waals surface area contributed by atoms with Gasteiger partial charge >= 0.3 is 11.9 Å². The molecule has 0 aromatic heterocycles. The zero-order chi connectivity index (χ0) is 18.5.